The number of carbonyl (C=O) groups is 1. The highest BCUT2D eigenvalue weighted by atomic mass is 32.2. The molecule has 1 amide bonds. The third-order valence-corrected chi connectivity index (χ3v) is 5.47. The van der Waals surface area contributed by atoms with Crippen LogP contribution >= 0.6 is 22.7 Å². The van der Waals surface area contributed by atoms with Gasteiger partial charge in [-0.3, -0.25) is 4.79 Å². The first-order valence-corrected chi connectivity index (χ1v) is 10.2. The molecule has 2 heterocycles. The van der Waals surface area contributed by atoms with E-state index in [0.29, 0.717) is 6.54 Å². The number of carbonyl (C=O) groups excluding carboxylic acids is 1. The molecule has 2 aromatic heterocycles. The number of aromatic nitrogens is 1. The Hall–Kier alpha value is -1.29. The summed E-state index contributed by atoms with van der Waals surface area (Å²) in [4.78, 5) is 19.1. The smallest absolute Gasteiger partial charge is 0.223 e. The lowest BCUT2D eigenvalue weighted by Crippen LogP contribution is -2.31. The minimum Gasteiger partial charge on any atom is -0.340 e. The molecule has 0 aliphatic rings. The molecule has 0 atom stereocenters. The van der Waals surface area contributed by atoms with Crippen molar-refractivity contribution in [3.05, 3.63) is 28.6 Å². The van der Waals surface area contributed by atoms with Gasteiger partial charge in [-0.1, -0.05) is 6.07 Å². The van der Waals surface area contributed by atoms with Crippen LogP contribution in [0.4, 0.5) is 0 Å². The second kappa shape index (κ2) is 7.32. The van der Waals surface area contributed by atoms with E-state index in [1.165, 1.54) is 0 Å². The van der Waals surface area contributed by atoms with E-state index in [0.717, 1.165) is 21.8 Å². The molecule has 6 nitrogen and oxygen atoms in total. The molecule has 0 aromatic carbocycles. The number of nitrogens with one attached hydrogen (secondary N) is 1. The van der Waals surface area contributed by atoms with Crippen LogP contribution < -0.4 is 4.72 Å². The molecule has 0 saturated carbocycles. The lowest BCUT2D eigenvalue weighted by atomic mass is 10.3. The first-order chi connectivity index (χ1) is 10.3. The predicted molar refractivity (Wildman–Crippen MR) is 89.4 cm³/mol. The van der Waals surface area contributed by atoms with Gasteiger partial charge in [0.05, 0.1) is 23.4 Å². The van der Waals surface area contributed by atoms with Gasteiger partial charge in [-0.05, 0) is 11.4 Å². The summed E-state index contributed by atoms with van der Waals surface area (Å²) in [5.74, 6) is -0.123. The SMILES string of the molecule is CN(Cc1csc(-c2cccs2)n1)C(=O)CCNS(C)(=O)=O. The molecule has 0 radical (unpaired) electrons. The number of rotatable bonds is 7. The lowest BCUT2D eigenvalue weighted by molar-refractivity contribution is -0.130. The van der Waals surface area contributed by atoms with E-state index in [9.17, 15) is 13.2 Å². The van der Waals surface area contributed by atoms with Crippen molar-refractivity contribution < 1.29 is 13.2 Å². The zero-order valence-corrected chi connectivity index (χ0v) is 14.7. The van der Waals surface area contributed by atoms with Gasteiger partial charge in [-0.25, -0.2) is 18.1 Å². The van der Waals surface area contributed by atoms with E-state index in [1.54, 1.807) is 34.6 Å². The average molecular weight is 359 g/mol. The maximum absolute atomic E-state index is 11.9. The van der Waals surface area contributed by atoms with Crippen molar-refractivity contribution in [3.8, 4) is 9.88 Å². The van der Waals surface area contributed by atoms with Gasteiger partial charge in [0.1, 0.15) is 5.01 Å². The Morgan fingerprint density at radius 1 is 1.41 bits per heavy atom. The van der Waals surface area contributed by atoms with Crippen LogP contribution in [0.2, 0.25) is 0 Å². The molecule has 0 fully saturated rings. The normalized spacial score (nSPS) is 11.5. The van der Waals surface area contributed by atoms with Gasteiger partial charge in [0.25, 0.3) is 0 Å². The van der Waals surface area contributed by atoms with Gasteiger partial charge in [0.15, 0.2) is 0 Å². The van der Waals surface area contributed by atoms with Crippen LogP contribution in [0.1, 0.15) is 12.1 Å². The van der Waals surface area contributed by atoms with Gasteiger partial charge < -0.3 is 4.90 Å². The molecule has 0 spiro atoms. The molecule has 22 heavy (non-hydrogen) atoms. The van der Waals surface area contributed by atoms with E-state index < -0.39 is 10.0 Å². The third-order valence-electron chi connectivity index (χ3n) is 2.81. The molecule has 0 aliphatic carbocycles. The van der Waals surface area contributed by atoms with Crippen LogP contribution in [0.3, 0.4) is 0 Å². The van der Waals surface area contributed by atoms with Crippen molar-refractivity contribution in [3.63, 3.8) is 0 Å². The van der Waals surface area contributed by atoms with Crippen LogP contribution in [0.5, 0.6) is 0 Å². The van der Waals surface area contributed by atoms with Gasteiger partial charge >= 0.3 is 0 Å². The number of sulfonamides is 1. The van der Waals surface area contributed by atoms with E-state index in [2.05, 4.69) is 9.71 Å². The van der Waals surface area contributed by atoms with Gasteiger partial charge in [0, 0.05) is 25.4 Å². The molecule has 0 bridgehead atoms. The van der Waals surface area contributed by atoms with Gasteiger partial charge in [-0.2, -0.15) is 0 Å². The monoisotopic (exact) mass is 359 g/mol. The van der Waals surface area contributed by atoms with Crippen LogP contribution in [0.15, 0.2) is 22.9 Å². The highest BCUT2D eigenvalue weighted by molar-refractivity contribution is 7.88. The number of hydrogen-bond donors (Lipinski definition) is 1. The van der Waals surface area contributed by atoms with Crippen LogP contribution in [-0.4, -0.2) is 44.1 Å². The van der Waals surface area contributed by atoms with Crippen molar-refractivity contribution in [1.82, 2.24) is 14.6 Å². The number of hydrogen-bond acceptors (Lipinski definition) is 6. The largest absolute Gasteiger partial charge is 0.340 e. The summed E-state index contributed by atoms with van der Waals surface area (Å²) in [5, 5.41) is 4.89. The highest BCUT2D eigenvalue weighted by Crippen LogP contribution is 2.28. The maximum atomic E-state index is 11.9. The summed E-state index contributed by atoms with van der Waals surface area (Å²) in [6.45, 7) is 0.527. The molecule has 0 saturated heterocycles. The summed E-state index contributed by atoms with van der Waals surface area (Å²) < 4.78 is 24.2. The van der Waals surface area contributed by atoms with E-state index in [1.807, 2.05) is 22.9 Å². The number of thiazole rings is 1. The molecular formula is C13H17N3O3S3. The molecule has 9 heteroatoms. The Labute approximate surface area is 137 Å². The fraction of sp³-hybridized carbons (Fsp3) is 0.385. The molecular weight excluding hydrogens is 342 g/mol. The molecule has 2 aromatic rings. The summed E-state index contributed by atoms with van der Waals surface area (Å²) >= 11 is 3.18. The zero-order chi connectivity index (χ0) is 16.2. The molecule has 0 aliphatic heterocycles. The van der Waals surface area contributed by atoms with Crippen molar-refractivity contribution in [2.45, 2.75) is 13.0 Å². The number of nitrogens with zero attached hydrogens (tertiary/aromatic N) is 2. The Balaban J connectivity index is 1.86. The van der Waals surface area contributed by atoms with Crippen molar-refractivity contribution in [1.29, 1.82) is 0 Å². The van der Waals surface area contributed by atoms with E-state index >= 15 is 0 Å². The van der Waals surface area contributed by atoms with Crippen LogP contribution in [-0.2, 0) is 21.4 Å². The topological polar surface area (TPSA) is 79.4 Å². The number of thiophene rings is 1. The quantitative estimate of drug-likeness (QED) is 0.817. The first-order valence-electron chi connectivity index (χ1n) is 6.52. The summed E-state index contributed by atoms with van der Waals surface area (Å²) in [6, 6.07) is 3.99. The van der Waals surface area contributed by atoms with Gasteiger partial charge in [0.2, 0.25) is 15.9 Å². The van der Waals surface area contributed by atoms with Crippen molar-refractivity contribution in [2.75, 3.05) is 19.8 Å². The lowest BCUT2D eigenvalue weighted by Gasteiger charge is -2.15. The highest BCUT2D eigenvalue weighted by Gasteiger charge is 2.13. The second-order valence-electron chi connectivity index (χ2n) is 4.79. The molecule has 2 rings (SSSR count). The van der Waals surface area contributed by atoms with E-state index in [-0.39, 0.29) is 18.9 Å². The van der Waals surface area contributed by atoms with Crippen LogP contribution in [0, 0.1) is 0 Å². The van der Waals surface area contributed by atoms with Crippen molar-refractivity contribution in [2.24, 2.45) is 0 Å². The summed E-state index contributed by atoms with van der Waals surface area (Å²) in [6.07, 6.45) is 1.20. The minimum atomic E-state index is -3.26. The molecule has 0 unspecified atom stereocenters. The predicted octanol–water partition coefficient (Wildman–Crippen LogP) is 1.77. The fourth-order valence-electron chi connectivity index (χ4n) is 1.76. The summed E-state index contributed by atoms with van der Waals surface area (Å²) in [5.41, 5.74) is 0.834. The maximum Gasteiger partial charge on any atom is 0.223 e. The Morgan fingerprint density at radius 2 is 2.18 bits per heavy atom. The average Bonchev–Trinajstić information content (AvgIpc) is 3.06. The van der Waals surface area contributed by atoms with Crippen molar-refractivity contribution >= 4 is 38.6 Å². The van der Waals surface area contributed by atoms with Gasteiger partial charge in [-0.15, -0.1) is 22.7 Å². The zero-order valence-electron chi connectivity index (χ0n) is 12.3. The second-order valence-corrected chi connectivity index (χ2v) is 8.43. The molecule has 1 N–H and O–H groups in total. The Morgan fingerprint density at radius 3 is 2.82 bits per heavy atom. The standard InChI is InChI=1S/C13H17N3O3S3/c1-16(12(17)5-6-14-22(2,18)19)8-10-9-21-13(15-10)11-4-3-7-20-11/h3-4,7,9,14H,5-6,8H2,1-2H3. The first kappa shape index (κ1) is 17.1. The summed E-state index contributed by atoms with van der Waals surface area (Å²) in [7, 11) is -1.57. The minimum absolute atomic E-state index is 0.111. The third kappa shape index (κ3) is 5.16. The fourth-order valence-corrected chi connectivity index (χ4v) is 3.86. The number of amides is 1. The molecule has 120 valence electrons. The Kier molecular flexibility index (Phi) is 5.68. The van der Waals surface area contributed by atoms with Crippen LogP contribution in [0.25, 0.3) is 9.88 Å². The Bertz CT molecular complexity index is 723. The van der Waals surface area contributed by atoms with E-state index in [4.69, 9.17) is 0 Å².